The van der Waals surface area contributed by atoms with E-state index in [1.165, 1.54) is 11.8 Å². The topological polar surface area (TPSA) is 43.6 Å². The molecule has 0 N–H and O–H groups in total. The van der Waals surface area contributed by atoms with Gasteiger partial charge in [0.25, 0.3) is 0 Å². The van der Waals surface area contributed by atoms with E-state index in [0.29, 0.717) is 5.75 Å². The highest BCUT2D eigenvalue weighted by Gasteiger charge is 2.07. The SMILES string of the molecule is C(#Cc1ccccc1)CSc1nnnn1-c1ccccc1. The van der Waals surface area contributed by atoms with Gasteiger partial charge in [0.1, 0.15) is 0 Å². The molecule has 3 rings (SSSR count). The first-order valence-electron chi connectivity index (χ1n) is 6.44. The molecule has 102 valence electrons. The highest BCUT2D eigenvalue weighted by Crippen LogP contribution is 2.17. The Kier molecular flexibility index (Phi) is 4.30. The summed E-state index contributed by atoms with van der Waals surface area (Å²) in [5.74, 6) is 6.88. The summed E-state index contributed by atoms with van der Waals surface area (Å²) in [6.07, 6.45) is 0. The number of hydrogen-bond acceptors (Lipinski definition) is 4. The number of nitrogens with zero attached hydrogens (tertiary/aromatic N) is 4. The van der Waals surface area contributed by atoms with Crippen LogP contribution in [0.25, 0.3) is 5.69 Å². The summed E-state index contributed by atoms with van der Waals surface area (Å²) in [5, 5.41) is 12.5. The van der Waals surface area contributed by atoms with Gasteiger partial charge in [0, 0.05) is 5.56 Å². The summed E-state index contributed by atoms with van der Waals surface area (Å²) in [5.41, 5.74) is 1.96. The first-order chi connectivity index (χ1) is 10.4. The number of tetrazole rings is 1. The Labute approximate surface area is 127 Å². The molecule has 5 heteroatoms. The maximum absolute atomic E-state index is 4.03. The van der Waals surface area contributed by atoms with Gasteiger partial charge in [-0.1, -0.05) is 60.0 Å². The van der Waals surface area contributed by atoms with Crippen LogP contribution in [0.5, 0.6) is 0 Å². The highest BCUT2D eigenvalue weighted by molar-refractivity contribution is 7.99. The average Bonchev–Trinajstić information content (AvgIpc) is 3.02. The van der Waals surface area contributed by atoms with Crippen LogP contribution in [0.15, 0.2) is 65.8 Å². The van der Waals surface area contributed by atoms with Crippen molar-refractivity contribution in [3.05, 3.63) is 66.2 Å². The summed E-state index contributed by atoms with van der Waals surface area (Å²) < 4.78 is 1.72. The smallest absolute Gasteiger partial charge is 0.187 e. The van der Waals surface area contributed by atoms with Crippen LogP contribution in [-0.2, 0) is 0 Å². The standard InChI is InChI=1S/C16H12N4S/c1-3-8-14(9-4-1)10-7-13-21-16-17-18-19-20(16)15-11-5-2-6-12-15/h1-6,8-9,11-12H,13H2. The lowest BCUT2D eigenvalue weighted by molar-refractivity contribution is 0.757. The molecule has 0 aliphatic rings. The van der Waals surface area contributed by atoms with E-state index < -0.39 is 0 Å². The lowest BCUT2D eigenvalue weighted by Crippen LogP contribution is -1.98. The Morgan fingerprint density at radius 2 is 1.67 bits per heavy atom. The normalized spacial score (nSPS) is 9.90. The molecule has 0 unspecified atom stereocenters. The molecule has 3 aromatic rings. The van der Waals surface area contributed by atoms with Crippen molar-refractivity contribution in [2.75, 3.05) is 5.75 Å². The molecule has 4 nitrogen and oxygen atoms in total. The zero-order valence-corrected chi connectivity index (χ0v) is 12.0. The quantitative estimate of drug-likeness (QED) is 0.550. The summed E-state index contributed by atoms with van der Waals surface area (Å²) >= 11 is 1.52. The van der Waals surface area contributed by atoms with E-state index in [9.17, 15) is 0 Å². The number of para-hydroxylation sites is 1. The zero-order chi connectivity index (χ0) is 14.3. The molecule has 0 spiro atoms. The second-order valence-electron chi connectivity index (χ2n) is 4.17. The molecular formula is C16H12N4S. The predicted molar refractivity (Wildman–Crippen MR) is 83.2 cm³/mol. The number of rotatable bonds is 3. The third-order valence-corrected chi connectivity index (χ3v) is 3.52. The van der Waals surface area contributed by atoms with Crippen molar-refractivity contribution < 1.29 is 0 Å². The predicted octanol–water partition coefficient (Wildman–Crippen LogP) is 2.81. The maximum atomic E-state index is 4.03. The molecule has 1 aromatic heterocycles. The summed E-state index contributed by atoms with van der Waals surface area (Å²) in [7, 11) is 0. The lowest BCUT2D eigenvalue weighted by atomic mass is 10.2. The van der Waals surface area contributed by atoms with Gasteiger partial charge in [0.2, 0.25) is 5.16 Å². The minimum Gasteiger partial charge on any atom is -0.187 e. The summed E-state index contributed by atoms with van der Waals surface area (Å²) in [4.78, 5) is 0. The fourth-order valence-electron chi connectivity index (χ4n) is 1.76. The van der Waals surface area contributed by atoms with Crippen LogP contribution in [0, 0.1) is 11.8 Å². The van der Waals surface area contributed by atoms with Gasteiger partial charge >= 0.3 is 0 Å². The summed E-state index contributed by atoms with van der Waals surface area (Å²) in [6, 6.07) is 19.7. The van der Waals surface area contributed by atoms with Crippen LogP contribution in [0.4, 0.5) is 0 Å². The second-order valence-corrected chi connectivity index (χ2v) is 5.11. The van der Waals surface area contributed by atoms with Gasteiger partial charge in [-0.05, 0) is 34.7 Å². The van der Waals surface area contributed by atoms with E-state index in [1.54, 1.807) is 4.68 Å². The van der Waals surface area contributed by atoms with Gasteiger partial charge in [-0.15, -0.1) is 5.10 Å². The van der Waals surface area contributed by atoms with Gasteiger partial charge in [-0.3, -0.25) is 0 Å². The van der Waals surface area contributed by atoms with Gasteiger partial charge in [0.15, 0.2) is 0 Å². The average molecular weight is 292 g/mol. The Morgan fingerprint density at radius 1 is 0.952 bits per heavy atom. The third-order valence-electron chi connectivity index (χ3n) is 2.72. The minimum absolute atomic E-state index is 0.641. The first kappa shape index (κ1) is 13.4. The Bertz CT molecular complexity index is 757. The zero-order valence-electron chi connectivity index (χ0n) is 11.2. The monoisotopic (exact) mass is 292 g/mol. The van der Waals surface area contributed by atoms with Crippen molar-refractivity contribution in [1.82, 2.24) is 20.2 Å². The molecule has 0 radical (unpaired) electrons. The fraction of sp³-hybridized carbons (Fsp3) is 0.0625. The molecule has 0 saturated heterocycles. The van der Waals surface area contributed by atoms with E-state index in [-0.39, 0.29) is 0 Å². The van der Waals surface area contributed by atoms with Crippen molar-refractivity contribution >= 4 is 11.8 Å². The third kappa shape index (κ3) is 3.50. The Morgan fingerprint density at radius 3 is 2.43 bits per heavy atom. The summed E-state index contributed by atoms with van der Waals surface area (Å²) in [6.45, 7) is 0. The van der Waals surface area contributed by atoms with Gasteiger partial charge in [0.05, 0.1) is 11.4 Å². The molecule has 21 heavy (non-hydrogen) atoms. The first-order valence-corrected chi connectivity index (χ1v) is 7.42. The number of hydrogen-bond donors (Lipinski definition) is 0. The molecule has 0 atom stereocenters. The van der Waals surface area contributed by atoms with E-state index in [0.717, 1.165) is 16.4 Å². The molecule has 0 aliphatic carbocycles. The van der Waals surface area contributed by atoms with E-state index in [2.05, 4.69) is 27.4 Å². The molecule has 1 heterocycles. The minimum atomic E-state index is 0.641. The van der Waals surface area contributed by atoms with Crippen LogP contribution >= 0.6 is 11.8 Å². The van der Waals surface area contributed by atoms with E-state index >= 15 is 0 Å². The Hall–Kier alpha value is -2.58. The molecule has 0 saturated carbocycles. The largest absolute Gasteiger partial charge is 0.215 e. The molecule has 0 bridgehead atoms. The van der Waals surface area contributed by atoms with Crippen molar-refractivity contribution in [2.24, 2.45) is 0 Å². The number of aromatic nitrogens is 4. The van der Waals surface area contributed by atoms with Gasteiger partial charge in [-0.25, -0.2) is 0 Å². The number of benzene rings is 2. The van der Waals surface area contributed by atoms with Gasteiger partial charge in [-0.2, -0.15) is 4.68 Å². The Balaban J connectivity index is 1.68. The van der Waals surface area contributed by atoms with Crippen molar-refractivity contribution in [1.29, 1.82) is 0 Å². The molecule has 2 aromatic carbocycles. The lowest BCUT2D eigenvalue weighted by Gasteiger charge is -2.01. The van der Waals surface area contributed by atoms with Crippen molar-refractivity contribution in [3.8, 4) is 17.5 Å². The number of thioether (sulfide) groups is 1. The molecule has 0 fully saturated rings. The van der Waals surface area contributed by atoms with Crippen LogP contribution in [-0.4, -0.2) is 26.0 Å². The molecule has 0 amide bonds. The molecular weight excluding hydrogens is 280 g/mol. The highest BCUT2D eigenvalue weighted by atomic mass is 32.2. The second kappa shape index (κ2) is 6.73. The van der Waals surface area contributed by atoms with E-state index in [1.807, 2.05) is 60.7 Å². The van der Waals surface area contributed by atoms with Crippen LogP contribution in [0.3, 0.4) is 0 Å². The van der Waals surface area contributed by atoms with Crippen LogP contribution < -0.4 is 0 Å². The van der Waals surface area contributed by atoms with Crippen molar-refractivity contribution in [2.45, 2.75) is 5.16 Å². The van der Waals surface area contributed by atoms with Crippen LogP contribution in [0.1, 0.15) is 5.56 Å². The molecule has 0 aliphatic heterocycles. The fourth-order valence-corrected chi connectivity index (χ4v) is 2.39. The van der Waals surface area contributed by atoms with Crippen molar-refractivity contribution in [3.63, 3.8) is 0 Å². The maximum Gasteiger partial charge on any atom is 0.215 e. The van der Waals surface area contributed by atoms with E-state index in [4.69, 9.17) is 0 Å². The van der Waals surface area contributed by atoms with Gasteiger partial charge < -0.3 is 0 Å². The van der Waals surface area contributed by atoms with Crippen LogP contribution in [0.2, 0.25) is 0 Å².